The van der Waals surface area contributed by atoms with Gasteiger partial charge in [0.05, 0.1) is 23.7 Å². The van der Waals surface area contributed by atoms with Gasteiger partial charge in [-0.3, -0.25) is 14.3 Å². The van der Waals surface area contributed by atoms with Crippen molar-refractivity contribution in [2.24, 2.45) is 0 Å². The number of carbonyl (C=O) groups excluding carboxylic acids is 1. The van der Waals surface area contributed by atoms with Crippen LogP contribution in [0.4, 0.5) is 13.2 Å². The first kappa shape index (κ1) is 20.5. The van der Waals surface area contributed by atoms with Gasteiger partial charge in [0.15, 0.2) is 11.6 Å². The predicted octanol–water partition coefficient (Wildman–Crippen LogP) is 4.74. The first-order chi connectivity index (χ1) is 16.0. The van der Waals surface area contributed by atoms with E-state index in [4.69, 9.17) is 0 Å². The molecular weight excluding hydrogens is 431 g/mol. The van der Waals surface area contributed by atoms with Crippen LogP contribution in [0.3, 0.4) is 0 Å². The van der Waals surface area contributed by atoms with Crippen LogP contribution in [0.5, 0.6) is 0 Å². The minimum Gasteiger partial charge on any atom is -0.348 e. The lowest BCUT2D eigenvalue weighted by Crippen LogP contribution is -2.24. The van der Waals surface area contributed by atoms with E-state index >= 15 is 0 Å². The number of aromatic nitrogens is 4. The topological polar surface area (TPSA) is 75.1 Å². The quantitative estimate of drug-likeness (QED) is 0.409. The summed E-state index contributed by atoms with van der Waals surface area (Å²) in [6.07, 6.45) is 6.98. The average molecular weight is 447 g/mol. The lowest BCUT2D eigenvalue weighted by Gasteiger charge is -2.09. The highest BCUT2D eigenvalue weighted by molar-refractivity contribution is 5.95. The van der Waals surface area contributed by atoms with Crippen LogP contribution in [0.15, 0.2) is 73.3 Å². The average Bonchev–Trinajstić information content (AvgIpc) is 3.49. The Morgan fingerprint density at radius 3 is 2.52 bits per heavy atom. The molecule has 1 amide bonds. The molecule has 5 aromatic rings. The first-order valence-corrected chi connectivity index (χ1v) is 9.98. The van der Waals surface area contributed by atoms with E-state index in [9.17, 15) is 18.0 Å². The molecule has 9 heteroatoms. The molecule has 0 aliphatic heterocycles. The van der Waals surface area contributed by atoms with Crippen LogP contribution in [0.1, 0.15) is 15.9 Å². The van der Waals surface area contributed by atoms with Gasteiger partial charge >= 0.3 is 0 Å². The standard InChI is InChI=1S/C24H16F3N5O/c25-19-5-1-14(7-21(19)27)9-29-24(33)18-4-2-15(8-20(18)26)22-12-28-23-6-3-16(13-32(22)23)17-10-30-31-11-17/h1-8,10-13H,9H2,(H,29,33)(H,30,31). The van der Waals surface area contributed by atoms with Crippen molar-refractivity contribution in [2.45, 2.75) is 6.54 Å². The molecule has 3 heterocycles. The Morgan fingerprint density at radius 2 is 1.76 bits per heavy atom. The summed E-state index contributed by atoms with van der Waals surface area (Å²) in [4.78, 5) is 16.8. The highest BCUT2D eigenvalue weighted by Crippen LogP contribution is 2.26. The third kappa shape index (κ3) is 3.96. The molecule has 2 aromatic carbocycles. The fraction of sp³-hybridized carbons (Fsp3) is 0.0417. The summed E-state index contributed by atoms with van der Waals surface area (Å²) < 4.78 is 43.0. The number of rotatable bonds is 5. The van der Waals surface area contributed by atoms with Crippen molar-refractivity contribution in [1.82, 2.24) is 24.9 Å². The Morgan fingerprint density at radius 1 is 0.909 bits per heavy atom. The maximum Gasteiger partial charge on any atom is 0.254 e. The highest BCUT2D eigenvalue weighted by Gasteiger charge is 2.15. The monoisotopic (exact) mass is 447 g/mol. The second kappa shape index (κ2) is 8.27. The van der Waals surface area contributed by atoms with Crippen molar-refractivity contribution in [3.05, 3.63) is 102 Å². The number of imidazole rings is 1. The molecule has 33 heavy (non-hydrogen) atoms. The second-order valence-electron chi connectivity index (χ2n) is 7.40. The largest absolute Gasteiger partial charge is 0.348 e. The molecule has 0 saturated carbocycles. The van der Waals surface area contributed by atoms with Gasteiger partial charge in [-0.05, 0) is 42.0 Å². The molecule has 0 unspecified atom stereocenters. The second-order valence-corrected chi connectivity index (χ2v) is 7.40. The zero-order valence-electron chi connectivity index (χ0n) is 17.0. The predicted molar refractivity (Wildman–Crippen MR) is 116 cm³/mol. The maximum atomic E-state index is 14.8. The third-order valence-electron chi connectivity index (χ3n) is 5.28. The van der Waals surface area contributed by atoms with Gasteiger partial charge in [-0.1, -0.05) is 12.1 Å². The van der Waals surface area contributed by atoms with Crippen molar-refractivity contribution in [1.29, 1.82) is 0 Å². The van der Waals surface area contributed by atoms with E-state index in [1.54, 1.807) is 24.7 Å². The minimum atomic E-state index is -1.01. The third-order valence-corrected chi connectivity index (χ3v) is 5.28. The van der Waals surface area contributed by atoms with E-state index in [0.717, 1.165) is 23.3 Å². The van der Waals surface area contributed by atoms with Crippen LogP contribution in [0.2, 0.25) is 0 Å². The summed E-state index contributed by atoms with van der Waals surface area (Å²) in [5.41, 5.74) is 3.89. The van der Waals surface area contributed by atoms with Gasteiger partial charge in [0.25, 0.3) is 5.91 Å². The number of hydrogen-bond donors (Lipinski definition) is 2. The summed E-state index contributed by atoms with van der Waals surface area (Å²) in [6.45, 7) is -0.0682. The zero-order chi connectivity index (χ0) is 22.9. The molecule has 0 fully saturated rings. The molecule has 0 saturated heterocycles. The Bertz CT molecular complexity index is 1480. The smallest absolute Gasteiger partial charge is 0.254 e. The number of pyridine rings is 1. The number of amides is 1. The number of H-pyrrole nitrogens is 1. The molecule has 0 aliphatic rings. The number of halogens is 3. The van der Waals surface area contributed by atoms with Gasteiger partial charge in [0.2, 0.25) is 0 Å². The molecule has 6 nitrogen and oxygen atoms in total. The lowest BCUT2D eigenvalue weighted by molar-refractivity contribution is 0.0947. The number of fused-ring (bicyclic) bond motifs is 1. The van der Waals surface area contributed by atoms with E-state index < -0.39 is 23.4 Å². The van der Waals surface area contributed by atoms with Crippen LogP contribution in [-0.2, 0) is 6.54 Å². The van der Waals surface area contributed by atoms with Crippen LogP contribution >= 0.6 is 0 Å². The van der Waals surface area contributed by atoms with Crippen molar-refractivity contribution in [2.75, 3.05) is 0 Å². The minimum absolute atomic E-state index is 0.0682. The SMILES string of the molecule is O=C(NCc1ccc(F)c(F)c1)c1ccc(-c2cnc3ccc(-c4cn[nH]c4)cn23)cc1F. The number of benzene rings is 2. The molecule has 0 bridgehead atoms. The van der Waals surface area contributed by atoms with Gasteiger partial charge in [0.1, 0.15) is 11.5 Å². The zero-order valence-corrected chi connectivity index (χ0v) is 17.0. The van der Waals surface area contributed by atoms with E-state index in [1.165, 1.54) is 18.2 Å². The molecule has 0 spiro atoms. The van der Waals surface area contributed by atoms with Gasteiger partial charge in [-0.2, -0.15) is 5.10 Å². The fourth-order valence-electron chi connectivity index (χ4n) is 3.56. The molecule has 3 aromatic heterocycles. The number of hydrogen-bond acceptors (Lipinski definition) is 3. The molecule has 0 aliphatic carbocycles. The van der Waals surface area contributed by atoms with Gasteiger partial charge < -0.3 is 5.32 Å². The highest BCUT2D eigenvalue weighted by atomic mass is 19.2. The van der Waals surface area contributed by atoms with Crippen molar-refractivity contribution >= 4 is 11.6 Å². The summed E-state index contributed by atoms with van der Waals surface area (Å²) in [7, 11) is 0. The Kier molecular flexibility index (Phi) is 5.14. The van der Waals surface area contributed by atoms with Gasteiger partial charge in [-0.15, -0.1) is 0 Å². The van der Waals surface area contributed by atoms with Crippen molar-refractivity contribution < 1.29 is 18.0 Å². The van der Waals surface area contributed by atoms with Gasteiger partial charge in [-0.25, -0.2) is 18.2 Å². The van der Waals surface area contributed by atoms with E-state index in [-0.39, 0.29) is 12.1 Å². The summed E-state index contributed by atoms with van der Waals surface area (Å²) in [5.74, 6) is -3.36. The number of carbonyl (C=O) groups is 1. The molecule has 164 valence electrons. The van der Waals surface area contributed by atoms with Crippen LogP contribution < -0.4 is 5.32 Å². The normalized spacial score (nSPS) is 11.1. The molecule has 5 rings (SSSR count). The summed E-state index contributed by atoms with van der Waals surface area (Å²) in [5, 5.41) is 9.24. The van der Waals surface area contributed by atoms with Crippen molar-refractivity contribution in [3.8, 4) is 22.4 Å². The van der Waals surface area contributed by atoms with E-state index in [0.29, 0.717) is 22.5 Å². The number of nitrogens with one attached hydrogen (secondary N) is 2. The first-order valence-electron chi connectivity index (χ1n) is 9.98. The fourth-order valence-corrected chi connectivity index (χ4v) is 3.56. The van der Waals surface area contributed by atoms with Crippen molar-refractivity contribution in [3.63, 3.8) is 0 Å². The van der Waals surface area contributed by atoms with Crippen LogP contribution in [0, 0.1) is 17.5 Å². The molecule has 0 atom stereocenters. The van der Waals surface area contributed by atoms with Crippen LogP contribution in [-0.4, -0.2) is 25.5 Å². The molecule has 0 radical (unpaired) electrons. The van der Waals surface area contributed by atoms with Gasteiger partial charge in [0, 0.05) is 35.6 Å². The Labute approximate surface area is 185 Å². The van der Waals surface area contributed by atoms with E-state index in [1.807, 2.05) is 22.7 Å². The lowest BCUT2D eigenvalue weighted by atomic mass is 10.1. The maximum absolute atomic E-state index is 14.8. The summed E-state index contributed by atoms with van der Waals surface area (Å²) in [6, 6.07) is 11.3. The Hall–Kier alpha value is -4.40. The van der Waals surface area contributed by atoms with Crippen LogP contribution in [0.25, 0.3) is 28.0 Å². The summed E-state index contributed by atoms with van der Waals surface area (Å²) >= 11 is 0. The Balaban J connectivity index is 1.39. The molecule has 2 N–H and O–H groups in total. The number of nitrogens with zero attached hydrogens (tertiary/aromatic N) is 3. The van der Waals surface area contributed by atoms with E-state index in [2.05, 4.69) is 20.5 Å². The number of aromatic amines is 1. The molecular formula is C24H16F3N5O.